The van der Waals surface area contributed by atoms with Gasteiger partial charge in [0.25, 0.3) is 5.95 Å². The summed E-state index contributed by atoms with van der Waals surface area (Å²) < 4.78 is 0. The number of benzene rings is 2. The Labute approximate surface area is 151 Å². The first-order chi connectivity index (χ1) is 12.8. The van der Waals surface area contributed by atoms with Crippen molar-refractivity contribution in [1.29, 1.82) is 0 Å². The Morgan fingerprint density at radius 2 is 1.62 bits per heavy atom. The van der Waals surface area contributed by atoms with E-state index < -0.39 is 0 Å². The van der Waals surface area contributed by atoms with Gasteiger partial charge in [0.1, 0.15) is 0 Å². The van der Waals surface area contributed by atoms with Crippen molar-refractivity contribution in [2.75, 3.05) is 16.1 Å². The molecular weight excluding hydrogens is 328 g/mol. The SMILES string of the molecule is ONc1nc(NCc2ccccc2)nc(Nc2ccc3c(c2)CCC3)n1. The van der Waals surface area contributed by atoms with Crippen LogP contribution in [-0.2, 0) is 19.4 Å². The van der Waals surface area contributed by atoms with Crippen LogP contribution in [0.5, 0.6) is 0 Å². The van der Waals surface area contributed by atoms with Crippen molar-refractivity contribution in [3.63, 3.8) is 0 Å². The van der Waals surface area contributed by atoms with Gasteiger partial charge in [0.05, 0.1) is 0 Å². The molecule has 7 heteroatoms. The fourth-order valence-electron chi connectivity index (χ4n) is 3.12. The number of aromatic nitrogens is 3. The average Bonchev–Trinajstić information content (AvgIpc) is 3.15. The van der Waals surface area contributed by atoms with Crippen molar-refractivity contribution < 1.29 is 5.21 Å². The Morgan fingerprint density at radius 1 is 0.846 bits per heavy atom. The van der Waals surface area contributed by atoms with Crippen molar-refractivity contribution in [1.82, 2.24) is 15.0 Å². The van der Waals surface area contributed by atoms with E-state index in [9.17, 15) is 5.21 Å². The predicted octanol–water partition coefficient (Wildman–Crippen LogP) is 3.52. The second-order valence-electron chi connectivity index (χ2n) is 6.22. The summed E-state index contributed by atoms with van der Waals surface area (Å²) in [5, 5.41) is 15.6. The highest BCUT2D eigenvalue weighted by molar-refractivity contribution is 5.58. The highest BCUT2D eigenvalue weighted by Gasteiger charge is 2.12. The standard InChI is InChI=1S/C19H20N6O/c26-25-19-23-17(20-12-13-5-2-1-3-6-13)22-18(24-19)21-16-10-9-14-7-4-8-15(14)11-16/h1-3,5-6,9-11,26H,4,7-8,12H2,(H3,20,21,22,23,24,25). The van der Waals surface area contributed by atoms with Crippen LogP contribution < -0.4 is 16.1 Å². The fourth-order valence-corrected chi connectivity index (χ4v) is 3.12. The van der Waals surface area contributed by atoms with E-state index in [4.69, 9.17) is 0 Å². The van der Waals surface area contributed by atoms with E-state index in [-0.39, 0.29) is 5.95 Å². The van der Waals surface area contributed by atoms with Gasteiger partial charge in [-0.1, -0.05) is 36.4 Å². The molecule has 26 heavy (non-hydrogen) atoms. The maximum Gasteiger partial charge on any atom is 0.253 e. The molecule has 7 nitrogen and oxygen atoms in total. The molecule has 2 aromatic carbocycles. The summed E-state index contributed by atoms with van der Waals surface area (Å²) in [7, 11) is 0. The van der Waals surface area contributed by atoms with Gasteiger partial charge in [0.2, 0.25) is 11.9 Å². The van der Waals surface area contributed by atoms with E-state index in [1.807, 2.05) is 41.9 Å². The van der Waals surface area contributed by atoms with Crippen LogP contribution in [0.1, 0.15) is 23.1 Å². The zero-order chi connectivity index (χ0) is 17.8. The summed E-state index contributed by atoms with van der Waals surface area (Å²) in [6.45, 7) is 0.577. The van der Waals surface area contributed by atoms with E-state index in [2.05, 4.69) is 37.7 Å². The molecule has 0 unspecified atom stereocenters. The van der Waals surface area contributed by atoms with Crippen LogP contribution in [0.3, 0.4) is 0 Å². The van der Waals surface area contributed by atoms with Gasteiger partial charge in [-0.15, -0.1) is 0 Å². The summed E-state index contributed by atoms with van der Waals surface area (Å²) in [6.07, 6.45) is 3.46. The van der Waals surface area contributed by atoms with Crippen LogP contribution in [0.15, 0.2) is 48.5 Å². The number of nitrogens with one attached hydrogen (secondary N) is 3. The molecule has 1 aromatic heterocycles. The molecule has 1 heterocycles. The average molecular weight is 348 g/mol. The number of hydrogen-bond donors (Lipinski definition) is 4. The zero-order valence-corrected chi connectivity index (χ0v) is 14.2. The first kappa shape index (κ1) is 16.3. The third kappa shape index (κ3) is 3.73. The maximum absolute atomic E-state index is 9.21. The van der Waals surface area contributed by atoms with E-state index >= 15 is 0 Å². The molecule has 1 aliphatic carbocycles. The number of rotatable bonds is 6. The van der Waals surface area contributed by atoms with Crippen molar-refractivity contribution in [3.05, 3.63) is 65.2 Å². The third-order valence-corrected chi connectivity index (χ3v) is 4.38. The molecule has 1 aliphatic rings. The molecule has 132 valence electrons. The second-order valence-corrected chi connectivity index (χ2v) is 6.22. The molecule has 4 rings (SSSR count). The Morgan fingerprint density at radius 3 is 2.46 bits per heavy atom. The second kappa shape index (κ2) is 7.37. The number of hydrogen-bond acceptors (Lipinski definition) is 7. The molecule has 0 fully saturated rings. The van der Waals surface area contributed by atoms with Crippen LogP contribution in [0.25, 0.3) is 0 Å². The summed E-state index contributed by atoms with van der Waals surface area (Å²) in [5.41, 5.74) is 6.81. The minimum Gasteiger partial charge on any atom is -0.350 e. The first-order valence-corrected chi connectivity index (χ1v) is 8.63. The first-order valence-electron chi connectivity index (χ1n) is 8.63. The lowest BCUT2D eigenvalue weighted by molar-refractivity contribution is 0.382. The van der Waals surface area contributed by atoms with Crippen molar-refractivity contribution >= 4 is 23.5 Å². The summed E-state index contributed by atoms with van der Waals surface area (Å²) >= 11 is 0. The summed E-state index contributed by atoms with van der Waals surface area (Å²) in [4.78, 5) is 12.7. The molecule has 0 radical (unpaired) electrons. The number of nitrogens with zero attached hydrogens (tertiary/aromatic N) is 3. The van der Waals surface area contributed by atoms with Gasteiger partial charge < -0.3 is 10.6 Å². The van der Waals surface area contributed by atoms with Crippen molar-refractivity contribution in [2.24, 2.45) is 0 Å². The van der Waals surface area contributed by atoms with Gasteiger partial charge >= 0.3 is 0 Å². The molecule has 0 saturated carbocycles. The Bertz CT molecular complexity index is 900. The Balaban J connectivity index is 1.52. The van der Waals surface area contributed by atoms with Gasteiger partial charge in [0.15, 0.2) is 0 Å². The van der Waals surface area contributed by atoms with Gasteiger partial charge in [-0.25, -0.2) is 5.48 Å². The quantitative estimate of drug-likeness (QED) is 0.506. The van der Waals surface area contributed by atoms with Gasteiger partial charge in [-0.2, -0.15) is 15.0 Å². The van der Waals surface area contributed by atoms with Crippen LogP contribution in [0.4, 0.5) is 23.5 Å². The van der Waals surface area contributed by atoms with E-state index in [0.717, 1.165) is 24.1 Å². The van der Waals surface area contributed by atoms with Gasteiger partial charge in [-0.3, -0.25) is 5.21 Å². The Kier molecular flexibility index (Phi) is 4.61. The van der Waals surface area contributed by atoms with E-state index in [1.54, 1.807) is 0 Å². The summed E-state index contributed by atoms with van der Waals surface area (Å²) in [5.74, 6) is 0.827. The molecule has 3 aromatic rings. The smallest absolute Gasteiger partial charge is 0.253 e. The molecule has 0 aliphatic heterocycles. The lowest BCUT2D eigenvalue weighted by Gasteiger charge is -2.10. The number of aryl methyl sites for hydroxylation is 2. The number of fused-ring (bicyclic) bond motifs is 1. The van der Waals surface area contributed by atoms with E-state index in [0.29, 0.717) is 18.4 Å². The lowest BCUT2D eigenvalue weighted by atomic mass is 10.1. The topological polar surface area (TPSA) is 95.0 Å². The zero-order valence-electron chi connectivity index (χ0n) is 14.2. The van der Waals surface area contributed by atoms with Crippen molar-refractivity contribution in [2.45, 2.75) is 25.8 Å². The molecule has 0 bridgehead atoms. The molecule has 0 spiro atoms. The monoisotopic (exact) mass is 348 g/mol. The van der Waals surface area contributed by atoms with Gasteiger partial charge in [-0.05, 0) is 48.1 Å². The molecular formula is C19H20N6O. The summed E-state index contributed by atoms with van der Waals surface area (Å²) in [6, 6.07) is 16.3. The number of anilines is 4. The van der Waals surface area contributed by atoms with Crippen LogP contribution in [-0.4, -0.2) is 20.2 Å². The highest BCUT2D eigenvalue weighted by Crippen LogP contribution is 2.26. The normalized spacial score (nSPS) is 12.5. The molecule has 4 N–H and O–H groups in total. The Hall–Kier alpha value is -3.19. The van der Waals surface area contributed by atoms with Crippen LogP contribution in [0, 0.1) is 0 Å². The van der Waals surface area contributed by atoms with Crippen molar-refractivity contribution in [3.8, 4) is 0 Å². The highest BCUT2D eigenvalue weighted by atomic mass is 16.5. The van der Waals surface area contributed by atoms with Gasteiger partial charge in [0, 0.05) is 12.2 Å². The predicted molar refractivity (Wildman–Crippen MR) is 101 cm³/mol. The maximum atomic E-state index is 9.21. The van der Waals surface area contributed by atoms with E-state index in [1.165, 1.54) is 17.5 Å². The minimum absolute atomic E-state index is 0.0826. The molecule has 0 amide bonds. The minimum atomic E-state index is 0.0826. The largest absolute Gasteiger partial charge is 0.350 e. The third-order valence-electron chi connectivity index (χ3n) is 4.38. The van der Waals surface area contributed by atoms with Crippen LogP contribution >= 0.6 is 0 Å². The fraction of sp³-hybridized carbons (Fsp3) is 0.211. The molecule has 0 atom stereocenters. The van der Waals surface area contributed by atoms with Crippen LogP contribution in [0.2, 0.25) is 0 Å². The molecule has 0 saturated heterocycles. The lowest BCUT2D eigenvalue weighted by Crippen LogP contribution is -2.09.